The second kappa shape index (κ2) is 19.4. The van der Waals surface area contributed by atoms with Gasteiger partial charge in [-0.25, -0.2) is 31.3 Å². The molecule has 0 bridgehead atoms. The molecule has 4 aromatic carbocycles. The third-order valence-corrected chi connectivity index (χ3v) is 13.7. The summed E-state index contributed by atoms with van der Waals surface area (Å²) in [4.78, 5) is 17.7. The third-order valence-electron chi connectivity index (χ3n) is 10.2. The first-order chi connectivity index (χ1) is 30.3. The largest absolute Gasteiger partial charge is 0.497 e. The number of anilines is 1. The molecule has 20 heteroatoms. The summed E-state index contributed by atoms with van der Waals surface area (Å²) in [6.07, 6.45) is 0.169. The average Bonchev–Trinajstić information content (AvgIpc) is 3.73. The van der Waals surface area contributed by atoms with Crippen LogP contribution < -0.4 is 24.7 Å². The molecule has 0 saturated carbocycles. The standard InChI is InChI=1S/C44H51N9O9S2/c1-29(53(43(54)55)44(2,3)4)24-47-63(56,57)38-22-21-37(33-14-23-39(45)46-25-33)40(42-48-50-52(49-42)28-32-12-19-36(62-7)20-13-32)41(38)64(58,59)51(26-30-8-15-34(60-5)16-9-30)27-31-10-17-35(61-6)18-11-31/h8-23,25,29,47H,24,26-28H2,1-7H3,(H2,45,46)(H,54,55). The van der Waals surface area contributed by atoms with E-state index in [1.165, 1.54) is 43.4 Å². The van der Waals surface area contributed by atoms with Crippen molar-refractivity contribution in [3.05, 3.63) is 120 Å². The minimum atomic E-state index is -4.94. The molecule has 0 spiro atoms. The fourth-order valence-electron chi connectivity index (χ4n) is 7.12. The number of carboxylic acid groups (broad SMARTS) is 1. The molecule has 4 N–H and O–H groups in total. The van der Waals surface area contributed by atoms with Gasteiger partial charge in [0.15, 0.2) is 0 Å². The van der Waals surface area contributed by atoms with Crippen LogP contribution >= 0.6 is 0 Å². The molecule has 0 fully saturated rings. The number of rotatable bonds is 18. The number of aromatic nitrogens is 5. The fraction of sp³-hybridized carbons (Fsp3) is 0.295. The van der Waals surface area contributed by atoms with E-state index in [4.69, 9.17) is 19.9 Å². The molecular weight excluding hydrogens is 863 g/mol. The summed E-state index contributed by atoms with van der Waals surface area (Å²) in [6, 6.07) is 25.7. The minimum absolute atomic E-state index is 0.115. The van der Waals surface area contributed by atoms with Crippen molar-refractivity contribution in [2.75, 3.05) is 33.6 Å². The smallest absolute Gasteiger partial charge is 0.408 e. The van der Waals surface area contributed by atoms with Crippen molar-refractivity contribution in [3.63, 3.8) is 0 Å². The van der Waals surface area contributed by atoms with E-state index in [0.717, 1.165) is 14.8 Å². The number of ether oxygens (including phenoxy) is 3. The van der Waals surface area contributed by atoms with Crippen LogP contribution in [0.2, 0.25) is 0 Å². The van der Waals surface area contributed by atoms with Crippen molar-refractivity contribution in [1.29, 1.82) is 0 Å². The van der Waals surface area contributed by atoms with Crippen LogP contribution in [0, 0.1) is 0 Å². The van der Waals surface area contributed by atoms with Crippen LogP contribution in [0.4, 0.5) is 10.6 Å². The summed E-state index contributed by atoms with van der Waals surface area (Å²) in [5.74, 6) is 1.71. The van der Waals surface area contributed by atoms with Gasteiger partial charge in [-0.05, 0) is 110 Å². The zero-order valence-corrected chi connectivity index (χ0v) is 38.1. The number of carbonyl (C=O) groups is 1. The Hall–Kier alpha value is -6.61. The third kappa shape index (κ3) is 10.8. The molecular formula is C44H51N9O9S2. The van der Waals surface area contributed by atoms with Gasteiger partial charge in [-0.3, -0.25) is 4.90 Å². The summed E-state index contributed by atoms with van der Waals surface area (Å²) < 4.78 is 81.0. The monoisotopic (exact) mass is 913 g/mol. The maximum atomic E-state index is 15.9. The Morgan fingerprint density at radius 1 is 0.797 bits per heavy atom. The lowest BCUT2D eigenvalue weighted by atomic mass is 10.0. The molecule has 1 amide bonds. The lowest BCUT2D eigenvalue weighted by Gasteiger charge is -2.38. The van der Waals surface area contributed by atoms with Gasteiger partial charge < -0.3 is 25.1 Å². The number of methoxy groups -OCH3 is 3. The number of sulfonamides is 2. The SMILES string of the molecule is COc1ccc(CN(Cc2ccc(OC)cc2)S(=O)(=O)c2c(S(=O)(=O)NCC(C)N(C(=O)O)C(C)(C)C)ccc(-c3ccc(N)nc3)c2-c2nnn(Cc3ccc(OC)cc3)n2)cc1. The Morgan fingerprint density at radius 3 is 1.80 bits per heavy atom. The Balaban J connectivity index is 1.61. The first-order valence-corrected chi connectivity index (χ1v) is 22.8. The van der Waals surface area contributed by atoms with Crippen molar-refractivity contribution in [2.45, 2.75) is 68.7 Å². The highest BCUT2D eigenvalue weighted by Crippen LogP contribution is 2.41. The van der Waals surface area contributed by atoms with E-state index in [9.17, 15) is 18.3 Å². The van der Waals surface area contributed by atoms with E-state index in [0.29, 0.717) is 33.9 Å². The molecule has 64 heavy (non-hydrogen) atoms. The number of nitrogens with one attached hydrogen (secondary N) is 1. The van der Waals surface area contributed by atoms with Crippen LogP contribution in [0.5, 0.6) is 17.2 Å². The van der Waals surface area contributed by atoms with E-state index in [2.05, 4.69) is 25.1 Å². The molecule has 18 nitrogen and oxygen atoms in total. The summed E-state index contributed by atoms with van der Waals surface area (Å²) in [6.45, 7) is 5.89. The first-order valence-electron chi connectivity index (χ1n) is 19.9. The summed E-state index contributed by atoms with van der Waals surface area (Å²) in [7, 11) is -5.15. The van der Waals surface area contributed by atoms with Crippen molar-refractivity contribution in [1.82, 2.24) is 39.1 Å². The van der Waals surface area contributed by atoms with E-state index in [-0.39, 0.29) is 42.4 Å². The number of pyridine rings is 1. The van der Waals surface area contributed by atoms with Gasteiger partial charge in [-0.2, -0.15) is 9.10 Å². The number of hydrogen-bond acceptors (Lipinski definition) is 13. The minimum Gasteiger partial charge on any atom is -0.497 e. The van der Waals surface area contributed by atoms with Gasteiger partial charge in [0.25, 0.3) is 0 Å². The normalized spacial score (nSPS) is 12.5. The predicted molar refractivity (Wildman–Crippen MR) is 240 cm³/mol. The second-order valence-electron chi connectivity index (χ2n) is 15.8. The molecule has 1 atom stereocenters. The number of tetrazole rings is 1. The number of nitrogens with two attached hydrogens (primary N) is 1. The van der Waals surface area contributed by atoms with E-state index < -0.39 is 54.1 Å². The highest BCUT2D eigenvalue weighted by atomic mass is 32.2. The molecule has 2 aromatic heterocycles. The summed E-state index contributed by atoms with van der Waals surface area (Å²) >= 11 is 0. The maximum Gasteiger partial charge on any atom is 0.408 e. The molecule has 0 radical (unpaired) electrons. The molecule has 6 aromatic rings. The van der Waals surface area contributed by atoms with Crippen LogP contribution in [0.3, 0.4) is 0 Å². The van der Waals surface area contributed by atoms with Crippen LogP contribution in [0.15, 0.2) is 113 Å². The summed E-state index contributed by atoms with van der Waals surface area (Å²) in [5.41, 5.74) is 7.37. The molecule has 6 rings (SSSR count). The first kappa shape index (κ1) is 46.9. The number of nitrogens with zero attached hydrogens (tertiary/aromatic N) is 7. The molecule has 1 unspecified atom stereocenters. The molecule has 338 valence electrons. The second-order valence-corrected chi connectivity index (χ2v) is 19.4. The number of nitrogen functional groups attached to an aromatic ring is 1. The van der Waals surface area contributed by atoms with Gasteiger partial charge in [-0.15, -0.1) is 10.2 Å². The zero-order valence-electron chi connectivity index (χ0n) is 36.5. The zero-order chi connectivity index (χ0) is 46.4. The van der Waals surface area contributed by atoms with Crippen molar-refractivity contribution < 1.29 is 40.9 Å². The van der Waals surface area contributed by atoms with Crippen LogP contribution in [0.25, 0.3) is 22.5 Å². The molecule has 0 aliphatic rings. The molecule has 0 aliphatic carbocycles. The lowest BCUT2D eigenvalue weighted by Crippen LogP contribution is -2.53. The van der Waals surface area contributed by atoms with Crippen LogP contribution in [-0.4, -0.2) is 102 Å². The summed E-state index contributed by atoms with van der Waals surface area (Å²) in [5, 5.41) is 23.4. The molecule has 0 aliphatic heterocycles. The molecule has 0 saturated heterocycles. The average molecular weight is 914 g/mol. The maximum absolute atomic E-state index is 15.9. The van der Waals surface area contributed by atoms with Gasteiger partial charge in [-0.1, -0.05) is 42.5 Å². The van der Waals surface area contributed by atoms with Gasteiger partial charge in [0.2, 0.25) is 25.9 Å². The van der Waals surface area contributed by atoms with Crippen LogP contribution in [0.1, 0.15) is 44.4 Å². The number of amides is 1. The Bertz CT molecular complexity index is 2730. The van der Waals surface area contributed by atoms with Crippen molar-refractivity contribution in [3.8, 4) is 39.8 Å². The topological polar surface area (TPSA) is 234 Å². The predicted octanol–water partition coefficient (Wildman–Crippen LogP) is 5.89. The Kier molecular flexibility index (Phi) is 14.2. The number of benzene rings is 4. The quantitative estimate of drug-likeness (QED) is 0.0912. The van der Waals surface area contributed by atoms with Crippen LogP contribution in [-0.2, 0) is 39.7 Å². The van der Waals surface area contributed by atoms with Crippen molar-refractivity contribution >= 4 is 32.0 Å². The highest BCUT2D eigenvalue weighted by molar-refractivity contribution is 7.92. The van der Waals surface area contributed by atoms with Gasteiger partial charge in [0.1, 0.15) is 32.9 Å². The lowest BCUT2D eigenvalue weighted by molar-refractivity contribution is 0.0767. The number of hydrogen-bond donors (Lipinski definition) is 3. The molecule has 2 heterocycles. The van der Waals surface area contributed by atoms with Gasteiger partial charge >= 0.3 is 6.09 Å². The Labute approximate surface area is 372 Å². The van der Waals surface area contributed by atoms with Gasteiger partial charge in [0.05, 0.1) is 33.4 Å². The van der Waals surface area contributed by atoms with E-state index in [1.807, 2.05) is 12.1 Å². The Morgan fingerprint density at radius 2 is 1.33 bits per heavy atom. The van der Waals surface area contributed by atoms with E-state index in [1.54, 1.807) is 102 Å². The fourth-order valence-corrected chi connectivity index (χ4v) is 10.7. The van der Waals surface area contributed by atoms with E-state index >= 15 is 8.42 Å². The van der Waals surface area contributed by atoms with Gasteiger partial charge in [0, 0.05) is 43.0 Å². The van der Waals surface area contributed by atoms with Crippen molar-refractivity contribution in [2.24, 2.45) is 0 Å². The highest BCUT2D eigenvalue weighted by Gasteiger charge is 2.39.